The van der Waals surface area contributed by atoms with Crippen molar-refractivity contribution in [3.63, 3.8) is 0 Å². The van der Waals surface area contributed by atoms with Gasteiger partial charge in [-0.25, -0.2) is 0 Å². The van der Waals surface area contributed by atoms with Gasteiger partial charge in [-0.3, -0.25) is 4.79 Å². The second-order valence-corrected chi connectivity index (χ2v) is 6.72. The number of carbonyl (C=O) groups is 1. The Morgan fingerprint density at radius 2 is 2.14 bits per heavy atom. The maximum Gasteiger partial charge on any atom is 0.246 e. The Labute approximate surface area is 137 Å². The Hall–Kier alpha value is -1.29. The van der Waals surface area contributed by atoms with Gasteiger partial charge < -0.3 is 4.90 Å². The standard InChI is InChI=1S/C16H13Cl2NOS/c17-13-2-3-14(18)11(9-13)1-4-16(20)19-7-5-15-12(10-19)6-8-21-15/h1-4,6,8-9H,5,7,10H2/b4-1+. The SMILES string of the molecule is O=C(/C=C/c1cc(Cl)ccc1Cl)N1CCc2sccc2C1. The number of carbonyl (C=O) groups excluding carboxylic acids is 1. The summed E-state index contributed by atoms with van der Waals surface area (Å²) >= 11 is 13.8. The van der Waals surface area contributed by atoms with E-state index in [9.17, 15) is 4.79 Å². The molecular formula is C16H13Cl2NOS. The van der Waals surface area contributed by atoms with Gasteiger partial charge in [0.05, 0.1) is 0 Å². The average Bonchev–Trinajstić information content (AvgIpc) is 2.95. The number of hydrogen-bond acceptors (Lipinski definition) is 2. The monoisotopic (exact) mass is 337 g/mol. The van der Waals surface area contributed by atoms with Gasteiger partial charge in [0.15, 0.2) is 0 Å². The molecule has 0 saturated heterocycles. The van der Waals surface area contributed by atoms with Crippen LogP contribution in [0.15, 0.2) is 35.7 Å². The first-order valence-electron chi connectivity index (χ1n) is 6.61. The topological polar surface area (TPSA) is 20.3 Å². The molecule has 2 heterocycles. The lowest BCUT2D eigenvalue weighted by Crippen LogP contribution is -2.34. The van der Waals surface area contributed by atoms with Gasteiger partial charge in [0, 0.05) is 34.1 Å². The number of benzene rings is 1. The summed E-state index contributed by atoms with van der Waals surface area (Å²) in [6.45, 7) is 1.45. The van der Waals surface area contributed by atoms with E-state index in [2.05, 4.69) is 11.4 Å². The molecule has 21 heavy (non-hydrogen) atoms. The third-order valence-electron chi connectivity index (χ3n) is 3.48. The van der Waals surface area contributed by atoms with Crippen LogP contribution in [0.1, 0.15) is 16.0 Å². The van der Waals surface area contributed by atoms with Crippen LogP contribution in [-0.4, -0.2) is 17.4 Å². The molecule has 0 bridgehead atoms. The Kier molecular flexibility index (Phi) is 4.34. The van der Waals surface area contributed by atoms with Gasteiger partial charge in [0.2, 0.25) is 5.91 Å². The summed E-state index contributed by atoms with van der Waals surface area (Å²) in [7, 11) is 0. The highest BCUT2D eigenvalue weighted by molar-refractivity contribution is 7.10. The van der Waals surface area contributed by atoms with Crippen LogP contribution in [0.5, 0.6) is 0 Å². The van der Waals surface area contributed by atoms with Crippen molar-refractivity contribution in [2.45, 2.75) is 13.0 Å². The molecule has 0 unspecified atom stereocenters. The van der Waals surface area contributed by atoms with E-state index in [-0.39, 0.29) is 5.91 Å². The first-order chi connectivity index (χ1) is 10.1. The molecule has 1 aromatic carbocycles. The molecule has 0 fully saturated rings. The van der Waals surface area contributed by atoms with Crippen LogP contribution in [0.25, 0.3) is 6.08 Å². The van der Waals surface area contributed by atoms with Crippen LogP contribution in [-0.2, 0) is 17.8 Å². The van der Waals surface area contributed by atoms with E-state index in [4.69, 9.17) is 23.2 Å². The van der Waals surface area contributed by atoms with Crippen molar-refractivity contribution in [1.82, 2.24) is 4.90 Å². The van der Waals surface area contributed by atoms with E-state index in [0.717, 1.165) is 18.5 Å². The predicted molar refractivity (Wildman–Crippen MR) is 88.9 cm³/mol. The minimum atomic E-state index is 0.00268. The molecule has 0 N–H and O–H groups in total. The zero-order chi connectivity index (χ0) is 14.8. The first-order valence-corrected chi connectivity index (χ1v) is 8.24. The minimum absolute atomic E-state index is 0.00268. The largest absolute Gasteiger partial charge is 0.334 e. The van der Waals surface area contributed by atoms with E-state index in [0.29, 0.717) is 16.6 Å². The van der Waals surface area contributed by atoms with Crippen LogP contribution < -0.4 is 0 Å². The average molecular weight is 338 g/mol. The highest BCUT2D eigenvalue weighted by Crippen LogP contribution is 2.25. The van der Waals surface area contributed by atoms with E-state index in [1.54, 1.807) is 41.7 Å². The summed E-state index contributed by atoms with van der Waals surface area (Å²) in [5.74, 6) is 0.00268. The molecule has 0 aliphatic carbocycles. The van der Waals surface area contributed by atoms with Crippen molar-refractivity contribution in [2.75, 3.05) is 6.54 Å². The fourth-order valence-electron chi connectivity index (χ4n) is 2.35. The second kappa shape index (κ2) is 6.22. The molecule has 3 rings (SSSR count). The van der Waals surface area contributed by atoms with Crippen LogP contribution in [0.4, 0.5) is 0 Å². The molecule has 0 radical (unpaired) electrons. The Morgan fingerprint density at radius 3 is 3.00 bits per heavy atom. The summed E-state index contributed by atoms with van der Waals surface area (Å²) in [5.41, 5.74) is 2.01. The predicted octanol–water partition coefficient (Wildman–Crippen LogP) is 4.65. The van der Waals surface area contributed by atoms with E-state index >= 15 is 0 Å². The van der Waals surface area contributed by atoms with Gasteiger partial charge >= 0.3 is 0 Å². The molecule has 0 atom stereocenters. The van der Waals surface area contributed by atoms with Gasteiger partial charge in [-0.1, -0.05) is 23.2 Å². The summed E-state index contributed by atoms with van der Waals surface area (Å²) in [5, 5.41) is 3.27. The normalized spacial score (nSPS) is 14.5. The molecule has 108 valence electrons. The third-order valence-corrected chi connectivity index (χ3v) is 5.09. The summed E-state index contributed by atoms with van der Waals surface area (Å²) in [6.07, 6.45) is 4.22. The molecule has 1 aliphatic rings. The summed E-state index contributed by atoms with van der Waals surface area (Å²) in [6, 6.07) is 7.30. The second-order valence-electron chi connectivity index (χ2n) is 4.88. The lowest BCUT2D eigenvalue weighted by Gasteiger charge is -2.25. The van der Waals surface area contributed by atoms with Crippen molar-refractivity contribution >= 4 is 46.5 Å². The number of nitrogens with zero attached hydrogens (tertiary/aromatic N) is 1. The number of thiophene rings is 1. The summed E-state index contributed by atoms with van der Waals surface area (Å²) in [4.78, 5) is 15.5. The lowest BCUT2D eigenvalue weighted by atomic mass is 10.1. The molecule has 0 spiro atoms. The van der Waals surface area contributed by atoms with E-state index < -0.39 is 0 Å². The quantitative estimate of drug-likeness (QED) is 0.730. The maximum absolute atomic E-state index is 12.3. The van der Waals surface area contributed by atoms with Crippen molar-refractivity contribution in [3.8, 4) is 0 Å². The highest BCUT2D eigenvalue weighted by atomic mass is 35.5. The fraction of sp³-hybridized carbons (Fsp3) is 0.188. The van der Waals surface area contributed by atoms with Crippen LogP contribution in [0.2, 0.25) is 10.0 Å². The molecule has 0 saturated carbocycles. The Morgan fingerprint density at radius 1 is 1.29 bits per heavy atom. The van der Waals surface area contributed by atoms with Gasteiger partial charge in [0.1, 0.15) is 0 Å². The number of amides is 1. The molecule has 1 aromatic heterocycles. The highest BCUT2D eigenvalue weighted by Gasteiger charge is 2.19. The maximum atomic E-state index is 12.3. The van der Waals surface area contributed by atoms with Crippen LogP contribution >= 0.6 is 34.5 Å². The van der Waals surface area contributed by atoms with Gasteiger partial charge in [-0.05, 0) is 53.3 Å². The number of hydrogen-bond donors (Lipinski definition) is 0. The van der Waals surface area contributed by atoms with Crippen molar-refractivity contribution in [3.05, 3.63) is 61.8 Å². The lowest BCUT2D eigenvalue weighted by molar-refractivity contribution is -0.126. The van der Waals surface area contributed by atoms with Gasteiger partial charge in [-0.2, -0.15) is 0 Å². The molecule has 2 nitrogen and oxygen atoms in total. The van der Waals surface area contributed by atoms with Crippen LogP contribution in [0.3, 0.4) is 0 Å². The van der Waals surface area contributed by atoms with Crippen molar-refractivity contribution in [1.29, 1.82) is 0 Å². The molecule has 2 aromatic rings. The fourth-order valence-corrected chi connectivity index (χ4v) is 3.60. The smallest absolute Gasteiger partial charge is 0.246 e. The molecule has 1 aliphatic heterocycles. The first kappa shape index (κ1) is 14.6. The summed E-state index contributed by atoms with van der Waals surface area (Å²) < 4.78 is 0. The molecule has 1 amide bonds. The Balaban J connectivity index is 1.72. The molecular weight excluding hydrogens is 325 g/mol. The van der Waals surface area contributed by atoms with E-state index in [1.165, 1.54) is 10.4 Å². The zero-order valence-electron chi connectivity index (χ0n) is 11.2. The number of fused-ring (bicyclic) bond motifs is 1. The van der Waals surface area contributed by atoms with Gasteiger partial charge in [0.25, 0.3) is 0 Å². The van der Waals surface area contributed by atoms with Crippen molar-refractivity contribution in [2.24, 2.45) is 0 Å². The molecule has 5 heteroatoms. The number of rotatable bonds is 2. The number of halogens is 2. The van der Waals surface area contributed by atoms with Crippen LogP contribution in [0, 0.1) is 0 Å². The van der Waals surface area contributed by atoms with E-state index in [1.807, 2.05) is 4.90 Å². The minimum Gasteiger partial charge on any atom is -0.334 e. The van der Waals surface area contributed by atoms with Gasteiger partial charge in [-0.15, -0.1) is 11.3 Å². The Bertz CT molecular complexity index is 708. The van der Waals surface area contributed by atoms with Crippen molar-refractivity contribution < 1.29 is 4.79 Å². The zero-order valence-corrected chi connectivity index (χ0v) is 13.5. The third kappa shape index (κ3) is 3.31.